The standard InChI is InChI=1S/C13H17N5OS/c1-9-17-10(8-20-9)6-18-4-5-19-11(7-18)12-13(14)16-3-2-15-12/h2-3,8,11H,4-7H2,1H3,(H2,14,16)/t11-/m1/s1. The summed E-state index contributed by atoms with van der Waals surface area (Å²) in [5, 5.41) is 3.21. The van der Waals surface area contributed by atoms with E-state index in [1.807, 2.05) is 6.92 Å². The number of aryl methyl sites for hydroxylation is 1. The molecule has 106 valence electrons. The van der Waals surface area contributed by atoms with Gasteiger partial charge in [-0.05, 0) is 6.92 Å². The summed E-state index contributed by atoms with van der Waals surface area (Å²) in [6, 6.07) is 0. The number of anilines is 1. The Labute approximate surface area is 121 Å². The first-order valence-corrected chi connectivity index (χ1v) is 7.41. The summed E-state index contributed by atoms with van der Waals surface area (Å²) < 4.78 is 5.78. The van der Waals surface area contributed by atoms with Gasteiger partial charge in [-0.2, -0.15) is 0 Å². The van der Waals surface area contributed by atoms with E-state index >= 15 is 0 Å². The van der Waals surface area contributed by atoms with Crippen LogP contribution in [0.5, 0.6) is 0 Å². The van der Waals surface area contributed by atoms with Gasteiger partial charge in [-0.3, -0.25) is 9.88 Å². The van der Waals surface area contributed by atoms with Crippen molar-refractivity contribution in [2.45, 2.75) is 19.6 Å². The summed E-state index contributed by atoms with van der Waals surface area (Å²) >= 11 is 1.68. The third kappa shape index (κ3) is 2.95. The van der Waals surface area contributed by atoms with Crippen LogP contribution in [0.15, 0.2) is 17.8 Å². The molecule has 1 saturated heterocycles. The van der Waals surface area contributed by atoms with E-state index in [1.165, 1.54) is 0 Å². The van der Waals surface area contributed by atoms with Crippen molar-refractivity contribution in [1.29, 1.82) is 0 Å². The predicted octanol–water partition coefficient (Wildman–Crippen LogP) is 1.40. The normalized spacial score (nSPS) is 20.1. The highest BCUT2D eigenvalue weighted by atomic mass is 32.1. The van der Waals surface area contributed by atoms with Gasteiger partial charge in [0.1, 0.15) is 17.6 Å². The molecule has 1 fully saturated rings. The number of ether oxygens (including phenoxy) is 1. The summed E-state index contributed by atoms with van der Waals surface area (Å²) in [5.41, 5.74) is 7.71. The Morgan fingerprint density at radius 1 is 1.45 bits per heavy atom. The van der Waals surface area contributed by atoms with E-state index in [0.29, 0.717) is 12.4 Å². The zero-order valence-electron chi connectivity index (χ0n) is 11.3. The van der Waals surface area contributed by atoms with Crippen LogP contribution in [-0.2, 0) is 11.3 Å². The zero-order chi connectivity index (χ0) is 13.9. The topological polar surface area (TPSA) is 77.2 Å². The van der Waals surface area contributed by atoms with Crippen LogP contribution < -0.4 is 5.73 Å². The minimum Gasteiger partial charge on any atom is -0.382 e. The Bertz CT molecular complexity index is 588. The molecule has 0 unspecified atom stereocenters. The van der Waals surface area contributed by atoms with Gasteiger partial charge in [-0.1, -0.05) is 0 Å². The molecule has 2 N–H and O–H groups in total. The second-order valence-corrected chi connectivity index (χ2v) is 5.84. The van der Waals surface area contributed by atoms with Gasteiger partial charge in [0, 0.05) is 37.4 Å². The Balaban J connectivity index is 1.69. The monoisotopic (exact) mass is 291 g/mol. The highest BCUT2D eigenvalue weighted by molar-refractivity contribution is 7.09. The van der Waals surface area contributed by atoms with Crippen molar-refractivity contribution in [2.75, 3.05) is 25.4 Å². The van der Waals surface area contributed by atoms with Crippen molar-refractivity contribution < 1.29 is 4.74 Å². The van der Waals surface area contributed by atoms with Crippen LogP contribution in [0.2, 0.25) is 0 Å². The number of thiazole rings is 1. The lowest BCUT2D eigenvalue weighted by Gasteiger charge is -2.32. The first kappa shape index (κ1) is 13.4. The Morgan fingerprint density at radius 3 is 3.05 bits per heavy atom. The van der Waals surface area contributed by atoms with Crippen LogP contribution in [-0.4, -0.2) is 39.5 Å². The summed E-state index contributed by atoms with van der Waals surface area (Å²) in [4.78, 5) is 15.2. The third-order valence-electron chi connectivity index (χ3n) is 3.26. The molecule has 0 spiro atoms. The zero-order valence-corrected chi connectivity index (χ0v) is 12.1. The maximum Gasteiger partial charge on any atom is 0.147 e. The van der Waals surface area contributed by atoms with Crippen LogP contribution in [0.1, 0.15) is 22.5 Å². The molecule has 1 aliphatic rings. The fourth-order valence-corrected chi connectivity index (χ4v) is 2.93. The second-order valence-electron chi connectivity index (χ2n) is 4.78. The molecule has 0 amide bonds. The van der Waals surface area contributed by atoms with Crippen LogP contribution >= 0.6 is 11.3 Å². The molecule has 1 aliphatic heterocycles. The van der Waals surface area contributed by atoms with Crippen molar-refractivity contribution in [3.8, 4) is 0 Å². The van der Waals surface area contributed by atoms with E-state index in [1.54, 1.807) is 23.7 Å². The lowest BCUT2D eigenvalue weighted by molar-refractivity contribution is -0.0350. The van der Waals surface area contributed by atoms with Crippen LogP contribution in [0.3, 0.4) is 0 Å². The molecule has 3 rings (SSSR count). The smallest absolute Gasteiger partial charge is 0.147 e. The first-order chi connectivity index (χ1) is 9.72. The summed E-state index contributed by atoms with van der Waals surface area (Å²) in [5.74, 6) is 0.448. The van der Waals surface area contributed by atoms with Gasteiger partial charge in [0.15, 0.2) is 0 Å². The number of nitrogen functional groups attached to an aromatic ring is 1. The fraction of sp³-hybridized carbons (Fsp3) is 0.462. The number of morpholine rings is 1. The van der Waals surface area contributed by atoms with Crippen LogP contribution in [0, 0.1) is 6.92 Å². The molecule has 0 radical (unpaired) electrons. The number of rotatable bonds is 3. The molecular formula is C13H17N5OS. The SMILES string of the molecule is Cc1nc(CN2CCO[C@@H](c3nccnc3N)C2)cs1. The molecule has 7 heteroatoms. The largest absolute Gasteiger partial charge is 0.382 e. The second kappa shape index (κ2) is 5.82. The van der Waals surface area contributed by atoms with E-state index in [4.69, 9.17) is 10.5 Å². The summed E-state index contributed by atoms with van der Waals surface area (Å²) in [6.45, 7) is 5.19. The Morgan fingerprint density at radius 2 is 2.30 bits per heavy atom. The summed E-state index contributed by atoms with van der Waals surface area (Å²) in [6.07, 6.45) is 3.13. The number of hydrogen-bond donors (Lipinski definition) is 1. The van der Waals surface area contributed by atoms with Crippen molar-refractivity contribution >= 4 is 17.2 Å². The third-order valence-corrected chi connectivity index (χ3v) is 4.09. The average molecular weight is 291 g/mol. The lowest BCUT2D eigenvalue weighted by Crippen LogP contribution is -2.38. The molecule has 3 heterocycles. The van der Waals surface area contributed by atoms with Crippen LogP contribution in [0.4, 0.5) is 5.82 Å². The molecule has 2 aromatic rings. The van der Waals surface area contributed by atoms with E-state index < -0.39 is 0 Å². The maximum absolute atomic E-state index is 5.87. The molecule has 0 aromatic carbocycles. The molecule has 0 bridgehead atoms. The summed E-state index contributed by atoms with van der Waals surface area (Å²) in [7, 11) is 0. The number of nitrogens with two attached hydrogens (primary N) is 1. The van der Waals surface area contributed by atoms with Gasteiger partial charge in [0.25, 0.3) is 0 Å². The molecule has 0 saturated carbocycles. The molecule has 1 atom stereocenters. The van der Waals surface area contributed by atoms with Crippen molar-refractivity contribution in [3.63, 3.8) is 0 Å². The van der Waals surface area contributed by atoms with Gasteiger partial charge in [-0.15, -0.1) is 11.3 Å². The minimum absolute atomic E-state index is 0.114. The molecule has 2 aromatic heterocycles. The average Bonchev–Trinajstić information content (AvgIpc) is 2.85. The van der Waals surface area contributed by atoms with Crippen molar-refractivity contribution in [2.24, 2.45) is 0 Å². The first-order valence-electron chi connectivity index (χ1n) is 6.53. The van der Waals surface area contributed by atoms with Crippen LogP contribution in [0.25, 0.3) is 0 Å². The Kier molecular flexibility index (Phi) is 3.90. The highest BCUT2D eigenvalue weighted by Crippen LogP contribution is 2.24. The molecule has 0 aliphatic carbocycles. The van der Waals surface area contributed by atoms with E-state index in [0.717, 1.165) is 36.0 Å². The van der Waals surface area contributed by atoms with E-state index in [-0.39, 0.29) is 6.10 Å². The maximum atomic E-state index is 5.87. The van der Waals surface area contributed by atoms with Gasteiger partial charge in [0.05, 0.1) is 17.3 Å². The van der Waals surface area contributed by atoms with Gasteiger partial charge in [0.2, 0.25) is 0 Å². The molecule has 20 heavy (non-hydrogen) atoms. The Hall–Kier alpha value is -1.57. The quantitative estimate of drug-likeness (QED) is 0.921. The molecule has 6 nitrogen and oxygen atoms in total. The number of nitrogens with zero attached hydrogens (tertiary/aromatic N) is 4. The van der Waals surface area contributed by atoms with Gasteiger partial charge < -0.3 is 10.5 Å². The number of hydrogen-bond acceptors (Lipinski definition) is 7. The number of aromatic nitrogens is 3. The van der Waals surface area contributed by atoms with E-state index in [9.17, 15) is 0 Å². The van der Waals surface area contributed by atoms with Crippen molar-refractivity contribution in [3.05, 3.63) is 34.2 Å². The lowest BCUT2D eigenvalue weighted by atomic mass is 10.2. The fourth-order valence-electron chi connectivity index (χ4n) is 2.33. The van der Waals surface area contributed by atoms with Gasteiger partial charge >= 0.3 is 0 Å². The molecular weight excluding hydrogens is 274 g/mol. The minimum atomic E-state index is -0.114. The van der Waals surface area contributed by atoms with E-state index in [2.05, 4.69) is 25.2 Å². The van der Waals surface area contributed by atoms with Gasteiger partial charge in [-0.25, -0.2) is 9.97 Å². The highest BCUT2D eigenvalue weighted by Gasteiger charge is 2.25. The van der Waals surface area contributed by atoms with Crippen molar-refractivity contribution in [1.82, 2.24) is 19.9 Å². The predicted molar refractivity (Wildman–Crippen MR) is 77.3 cm³/mol.